The van der Waals surface area contributed by atoms with Crippen LogP contribution in [0.15, 0.2) is 42.6 Å². The minimum absolute atomic E-state index is 0.0328. The van der Waals surface area contributed by atoms with E-state index in [2.05, 4.69) is 17.1 Å². The molecule has 1 aromatic carbocycles. The van der Waals surface area contributed by atoms with Gasteiger partial charge < -0.3 is 10.6 Å². The van der Waals surface area contributed by atoms with Crippen LogP contribution < -0.4 is 5.73 Å². The number of fused-ring (bicyclic) bond motifs is 1. The molecule has 4 heteroatoms. The number of carbonyl (C=O) groups is 1. The molecular formula is C17H19N3O. The summed E-state index contributed by atoms with van der Waals surface area (Å²) in [7, 11) is 0. The number of benzene rings is 1. The van der Waals surface area contributed by atoms with Crippen LogP contribution in [0.5, 0.6) is 0 Å². The molecule has 0 saturated heterocycles. The van der Waals surface area contributed by atoms with Gasteiger partial charge >= 0.3 is 0 Å². The molecule has 4 nitrogen and oxygen atoms in total. The van der Waals surface area contributed by atoms with Crippen molar-refractivity contribution in [3.05, 3.63) is 65.0 Å². The van der Waals surface area contributed by atoms with Gasteiger partial charge in [-0.3, -0.25) is 9.78 Å². The lowest BCUT2D eigenvalue weighted by Crippen LogP contribution is -2.43. The lowest BCUT2D eigenvalue weighted by atomic mass is 9.92. The van der Waals surface area contributed by atoms with Gasteiger partial charge in [0, 0.05) is 30.5 Å². The molecule has 1 aliphatic heterocycles. The maximum absolute atomic E-state index is 12.8. The molecule has 2 heterocycles. The predicted octanol–water partition coefficient (Wildman–Crippen LogP) is 2.09. The number of hydrogen-bond donors (Lipinski definition) is 1. The molecule has 1 atom stereocenters. The minimum atomic E-state index is -0.0454. The first-order valence-corrected chi connectivity index (χ1v) is 7.22. The van der Waals surface area contributed by atoms with E-state index in [1.807, 2.05) is 30.0 Å². The molecule has 0 saturated carbocycles. The summed E-state index contributed by atoms with van der Waals surface area (Å²) in [6.45, 7) is 3.04. The maximum atomic E-state index is 12.8. The number of hydrogen-bond acceptors (Lipinski definition) is 3. The lowest BCUT2D eigenvalue weighted by Gasteiger charge is -2.36. The van der Waals surface area contributed by atoms with Crippen LogP contribution in [0.3, 0.4) is 0 Å². The summed E-state index contributed by atoms with van der Waals surface area (Å²) >= 11 is 0. The Bertz CT molecular complexity index is 669. The van der Waals surface area contributed by atoms with Crippen LogP contribution in [-0.2, 0) is 6.42 Å². The summed E-state index contributed by atoms with van der Waals surface area (Å²) < 4.78 is 0. The van der Waals surface area contributed by atoms with Crippen molar-refractivity contribution in [3.63, 3.8) is 0 Å². The lowest BCUT2D eigenvalue weighted by molar-refractivity contribution is 0.0667. The number of nitrogens with two attached hydrogens (primary N) is 1. The van der Waals surface area contributed by atoms with E-state index in [0.717, 1.165) is 12.1 Å². The number of aromatic nitrogens is 1. The number of nitrogens with zero attached hydrogens (tertiary/aromatic N) is 2. The van der Waals surface area contributed by atoms with Crippen molar-refractivity contribution in [2.45, 2.75) is 19.4 Å². The summed E-state index contributed by atoms with van der Waals surface area (Å²) in [5.74, 6) is 0.0328. The first-order chi connectivity index (χ1) is 10.2. The van der Waals surface area contributed by atoms with Gasteiger partial charge in [-0.15, -0.1) is 0 Å². The van der Waals surface area contributed by atoms with Gasteiger partial charge in [-0.25, -0.2) is 0 Å². The van der Waals surface area contributed by atoms with Crippen molar-refractivity contribution in [3.8, 4) is 0 Å². The van der Waals surface area contributed by atoms with E-state index in [-0.39, 0.29) is 11.9 Å². The number of amides is 1. The fraction of sp³-hybridized carbons (Fsp3) is 0.294. The Balaban J connectivity index is 1.94. The Morgan fingerprint density at radius 1 is 1.38 bits per heavy atom. The van der Waals surface area contributed by atoms with Gasteiger partial charge in [0.25, 0.3) is 5.91 Å². The highest BCUT2D eigenvalue weighted by Gasteiger charge is 2.30. The summed E-state index contributed by atoms with van der Waals surface area (Å²) in [5.41, 5.74) is 9.94. The largest absolute Gasteiger partial charge is 0.330 e. The van der Waals surface area contributed by atoms with E-state index in [0.29, 0.717) is 18.7 Å². The van der Waals surface area contributed by atoms with Crippen molar-refractivity contribution >= 4 is 5.91 Å². The zero-order chi connectivity index (χ0) is 14.8. The Hall–Kier alpha value is -2.20. The highest BCUT2D eigenvalue weighted by molar-refractivity contribution is 5.94. The monoisotopic (exact) mass is 281 g/mol. The standard InChI is InChI=1S/C17H19N3O/c1-12-10-14(6-8-19-12)17(21)20-9-7-13-4-2-3-5-15(13)16(20)11-18/h2-6,8,10,16H,7,9,11,18H2,1H3. The van der Waals surface area contributed by atoms with Crippen LogP contribution in [-0.4, -0.2) is 28.9 Å². The summed E-state index contributed by atoms with van der Waals surface area (Å²) in [6.07, 6.45) is 2.56. The van der Waals surface area contributed by atoms with Crippen molar-refractivity contribution in [1.82, 2.24) is 9.88 Å². The first kappa shape index (κ1) is 13.8. The molecule has 21 heavy (non-hydrogen) atoms. The summed E-state index contributed by atoms with van der Waals surface area (Å²) in [5, 5.41) is 0. The van der Waals surface area contributed by atoms with Gasteiger partial charge in [-0.05, 0) is 36.6 Å². The second-order valence-corrected chi connectivity index (χ2v) is 5.38. The Kier molecular flexibility index (Phi) is 3.71. The van der Waals surface area contributed by atoms with Crippen LogP contribution in [0, 0.1) is 6.92 Å². The van der Waals surface area contributed by atoms with Crippen LogP contribution >= 0.6 is 0 Å². The third kappa shape index (κ3) is 2.54. The van der Waals surface area contributed by atoms with Gasteiger partial charge in [0.05, 0.1) is 6.04 Å². The smallest absolute Gasteiger partial charge is 0.254 e. The molecule has 0 fully saturated rings. The maximum Gasteiger partial charge on any atom is 0.254 e. The van der Waals surface area contributed by atoms with E-state index in [9.17, 15) is 4.79 Å². The number of pyridine rings is 1. The number of carbonyl (C=O) groups excluding carboxylic acids is 1. The molecule has 0 spiro atoms. The zero-order valence-corrected chi connectivity index (χ0v) is 12.1. The molecule has 3 rings (SSSR count). The third-order valence-electron chi connectivity index (χ3n) is 4.04. The second-order valence-electron chi connectivity index (χ2n) is 5.38. The highest BCUT2D eigenvalue weighted by Crippen LogP contribution is 2.30. The number of rotatable bonds is 2. The van der Waals surface area contributed by atoms with Crippen molar-refractivity contribution in [2.75, 3.05) is 13.1 Å². The summed E-state index contributed by atoms with van der Waals surface area (Å²) in [4.78, 5) is 18.8. The van der Waals surface area contributed by atoms with Gasteiger partial charge in [0.1, 0.15) is 0 Å². The van der Waals surface area contributed by atoms with E-state index < -0.39 is 0 Å². The molecule has 1 aromatic heterocycles. The van der Waals surface area contributed by atoms with E-state index in [1.54, 1.807) is 12.3 Å². The molecule has 2 N–H and O–H groups in total. The van der Waals surface area contributed by atoms with E-state index in [1.165, 1.54) is 11.1 Å². The van der Waals surface area contributed by atoms with Crippen molar-refractivity contribution in [1.29, 1.82) is 0 Å². The average molecular weight is 281 g/mol. The van der Waals surface area contributed by atoms with Crippen LogP contribution in [0.25, 0.3) is 0 Å². The minimum Gasteiger partial charge on any atom is -0.330 e. The predicted molar refractivity (Wildman–Crippen MR) is 82.0 cm³/mol. The van der Waals surface area contributed by atoms with Crippen molar-refractivity contribution < 1.29 is 4.79 Å². The van der Waals surface area contributed by atoms with Gasteiger partial charge in [-0.2, -0.15) is 0 Å². The molecule has 0 radical (unpaired) electrons. The second kappa shape index (κ2) is 5.66. The average Bonchev–Trinajstić information content (AvgIpc) is 2.53. The van der Waals surface area contributed by atoms with Gasteiger partial charge in [-0.1, -0.05) is 24.3 Å². The topological polar surface area (TPSA) is 59.2 Å². The van der Waals surface area contributed by atoms with Gasteiger partial charge in [0.2, 0.25) is 0 Å². The van der Waals surface area contributed by atoms with Crippen LogP contribution in [0.4, 0.5) is 0 Å². The molecule has 1 unspecified atom stereocenters. The van der Waals surface area contributed by atoms with Crippen molar-refractivity contribution in [2.24, 2.45) is 5.73 Å². The van der Waals surface area contributed by atoms with Crippen LogP contribution in [0.2, 0.25) is 0 Å². The molecule has 2 aromatic rings. The quantitative estimate of drug-likeness (QED) is 0.917. The Morgan fingerprint density at radius 2 is 2.19 bits per heavy atom. The Morgan fingerprint density at radius 3 is 2.95 bits per heavy atom. The van der Waals surface area contributed by atoms with E-state index >= 15 is 0 Å². The fourth-order valence-corrected chi connectivity index (χ4v) is 2.99. The fourth-order valence-electron chi connectivity index (χ4n) is 2.99. The normalized spacial score (nSPS) is 17.4. The molecule has 0 aliphatic carbocycles. The molecule has 108 valence electrons. The molecule has 1 amide bonds. The SMILES string of the molecule is Cc1cc(C(=O)N2CCc3ccccc3C2CN)ccn1. The Labute approximate surface area is 124 Å². The summed E-state index contributed by atoms with van der Waals surface area (Å²) in [6, 6.07) is 11.8. The molecule has 1 aliphatic rings. The van der Waals surface area contributed by atoms with E-state index in [4.69, 9.17) is 5.73 Å². The molecular weight excluding hydrogens is 262 g/mol. The zero-order valence-electron chi connectivity index (χ0n) is 12.1. The highest BCUT2D eigenvalue weighted by atomic mass is 16.2. The molecule has 0 bridgehead atoms. The number of aryl methyl sites for hydroxylation is 1. The van der Waals surface area contributed by atoms with Crippen LogP contribution in [0.1, 0.15) is 33.2 Å². The third-order valence-corrected chi connectivity index (χ3v) is 4.04. The van der Waals surface area contributed by atoms with Gasteiger partial charge in [0.15, 0.2) is 0 Å². The first-order valence-electron chi connectivity index (χ1n) is 7.22.